The fraction of sp³-hybridized carbons (Fsp3) is 1.00. The van der Waals surface area contributed by atoms with Crippen LogP contribution in [0.4, 0.5) is 0 Å². The van der Waals surface area contributed by atoms with Crippen molar-refractivity contribution < 1.29 is 25.5 Å². The second kappa shape index (κ2) is 25.2. The van der Waals surface area contributed by atoms with Crippen LogP contribution in [0, 0.1) is 52.3 Å². The quantitative estimate of drug-likeness (QED) is 0.137. The smallest absolute Gasteiger partial charge is 0.0650 e. The van der Waals surface area contributed by atoms with E-state index in [1.54, 1.807) is 0 Å². The second-order valence-electron chi connectivity index (χ2n) is 22.2. The van der Waals surface area contributed by atoms with Gasteiger partial charge in [0.15, 0.2) is 0 Å². The van der Waals surface area contributed by atoms with E-state index in [0.717, 1.165) is 44.9 Å². The first-order valence-electron chi connectivity index (χ1n) is 22.9. The monoisotopic (exact) mass is 753 g/mol. The Labute approximate surface area is 331 Å². The van der Waals surface area contributed by atoms with Crippen molar-refractivity contribution in [2.75, 3.05) is 0 Å². The summed E-state index contributed by atoms with van der Waals surface area (Å²) in [4.78, 5) is 0. The first-order chi connectivity index (χ1) is 24.5. The van der Waals surface area contributed by atoms with Gasteiger partial charge in [0.2, 0.25) is 0 Å². The molecule has 5 rings (SSSR count). The lowest BCUT2D eigenvalue weighted by Crippen LogP contribution is -2.32. The molecule has 0 aliphatic heterocycles. The van der Waals surface area contributed by atoms with Crippen LogP contribution < -0.4 is 0 Å². The van der Waals surface area contributed by atoms with Crippen LogP contribution in [-0.2, 0) is 0 Å². The van der Waals surface area contributed by atoms with Crippen molar-refractivity contribution in [2.45, 2.75) is 254 Å². The highest BCUT2D eigenvalue weighted by atomic mass is 16.3. The van der Waals surface area contributed by atoms with Crippen LogP contribution in [0.5, 0.6) is 0 Å². The molecule has 0 aromatic rings. The average molecular weight is 753 g/mol. The number of hydrogen-bond acceptors (Lipinski definition) is 5. The number of aliphatic hydroxyl groups excluding tert-OH is 4. The molecule has 4 atom stereocenters. The van der Waals surface area contributed by atoms with Crippen LogP contribution in [0.15, 0.2) is 0 Å². The van der Waals surface area contributed by atoms with Crippen LogP contribution in [-0.4, -0.2) is 55.5 Å². The Balaban J connectivity index is 0.000000333. The maximum Gasteiger partial charge on any atom is 0.0650 e. The molecule has 5 aliphatic carbocycles. The fourth-order valence-corrected chi connectivity index (χ4v) is 8.76. The zero-order valence-electron chi connectivity index (χ0n) is 37.6. The highest BCUT2D eigenvalue weighted by Gasteiger charge is 2.32. The molecule has 0 aromatic heterocycles. The lowest BCUT2D eigenvalue weighted by molar-refractivity contribution is -0.0139. The predicted molar refractivity (Wildman–Crippen MR) is 228 cm³/mol. The molecule has 0 unspecified atom stereocenters. The van der Waals surface area contributed by atoms with E-state index in [9.17, 15) is 25.5 Å². The van der Waals surface area contributed by atoms with Gasteiger partial charge in [0.05, 0.1) is 30.0 Å². The van der Waals surface area contributed by atoms with Gasteiger partial charge in [-0.25, -0.2) is 0 Å². The molecule has 5 nitrogen and oxygen atoms in total. The molecule has 0 amide bonds. The molecule has 0 aromatic carbocycles. The predicted octanol–water partition coefficient (Wildman–Crippen LogP) is 12.3. The summed E-state index contributed by atoms with van der Waals surface area (Å²) in [5, 5.41) is 48.5. The summed E-state index contributed by atoms with van der Waals surface area (Å²) in [6.07, 6.45) is 26.0. The van der Waals surface area contributed by atoms with Gasteiger partial charge in [0.25, 0.3) is 0 Å². The Bertz CT molecular complexity index is 817. The van der Waals surface area contributed by atoms with Gasteiger partial charge in [0, 0.05) is 0 Å². The molecule has 5 saturated carbocycles. The first-order valence-corrected chi connectivity index (χ1v) is 22.9. The van der Waals surface area contributed by atoms with E-state index < -0.39 is 0 Å². The molecule has 0 bridgehead atoms. The summed E-state index contributed by atoms with van der Waals surface area (Å²) >= 11 is 0. The number of rotatable bonds is 12. The van der Waals surface area contributed by atoms with E-state index in [-0.39, 0.29) is 40.8 Å². The summed E-state index contributed by atoms with van der Waals surface area (Å²) in [5.41, 5.74) is 0.260. The van der Waals surface area contributed by atoms with E-state index in [1.165, 1.54) is 96.3 Å². The van der Waals surface area contributed by atoms with Gasteiger partial charge in [-0.05, 0) is 149 Å². The van der Waals surface area contributed by atoms with Gasteiger partial charge in [-0.2, -0.15) is 0 Å². The zero-order chi connectivity index (χ0) is 40.4. The fourth-order valence-electron chi connectivity index (χ4n) is 8.76. The van der Waals surface area contributed by atoms with E-state index in [0.29, 0.717) is 41.4 Å². The lowest BCUT2D eigenvalue weighted by Gasteiger charge is -2.33. The van der Waals surface area contributed by atoms with Crippen molar-refractivity contribution in [3.8, 4) is 0 Å². The van der Waals surface area contributed by atoms with Crippen LogP contribution in [0.3, 0.4) is 0 Å². The Morgan fingerprint density at radius 3 is 0.981 bits per heavy atom. The second-order valence-corrected chi connectivity index (χ2v) is 22.2. The summed E-state index contributed by atoms with van der Waals surface area (Å²) in [6, 6.07) is 0. The Hall–Kier alpha value is -0.200. The van der Waals surface area contributed by atoms with Crippen molar-refractivity contribution in [1.82, 2.24) is 0 Å². The van der Waals surface area contributed by atoms with E-state index >= 15 is 0 Å². The van der Waals surface area contributed by atoms with Crippen LogP contribution in [0.25, 0.3) is 0 Å². The maximum absolute atomic E-state index is 10.0. The summed E-state index contributed by atoms with van der Waals surface area (Å²) in [7, 11) is 0. The molecule has 5 N–H and O–H groups in total. The van der Waals surface area contributed by atoms with Gasteiger partial charge < -0.3 is 25.5 Å². The third-order valence-electron chi connectivity index (χ3n) is 11.9. The zero-order valence-corrected chi connectivity index (χ0v) is 37.6. The topological polar surface area (TPSA) is 101 Å². The van der Waals surface area contributed by atoms with Gasteiger partial charge in [-0.15, -0.1) is 0 Å². The van der Waals surface area contributed by atoms with Crippen LogP contribution in [0.2, 0.25) is 0 Å². The van der Waals surface area contributed by atoms with Gasteiger partial charge in [-0.1, -0.05) is 128 Å². The molecular formula is C48H96O5. The summed E-state index contributed by atoms with van der Waals surface area (Å²) in [5.74, 6) is 4.47. The average Bonchev–Trinajstić information content (AvgIpc) is 3.92. The molecule has 0 radical (unpaired) electrons. The molecule has 5 heteroatoms. The molecule has 5 fully saturated rings. The maximum atomic E-state index is 10.0. The van der Waals surface area contributed by atoms with Crippen molar-refractivity contribution in [3.05, 3.63) is 0 Å². The van der Waals surface area contributed by atoms with Crippen molar-refractivity contribution in [1.29, 1.82) is 0 Å². The van der Waals surface area contributed by atoms with Gasteiger partial charge in [-0.3, -0.25) is 0 Å². The van der Waals surface area contributed by atoms with Crippen molar-refractivity contribution in [2.24, 2.45) is 52.3 Å². The molecule has 0 heterocycles. The van der Waals surface area contributed by atoms with Crippen molar-refractivity contribution >= 4 is 0 Å². The van der Waals surface area contributed by atoms with E-state index in [1.807, 2.05) is 0 Å². The molecular weight excluding hydrogens is 657 g/mol. The van der Waals surface area contributed by atoms with E-state index in [4.69, 9.17) is 0 Å². The van der Waals surface area contributed by atoms with Gasteiger partial charge in [0.1, 0.15) is 0 Å². The number of hydrogen-bond donors (Lipinski definition) is 5. The van der Waals surface area contributed by atoms with Crippen molar-refractivity contribution in [3.63, 3.8) is 0 Å². The SMILES string of the molecule is CC(C)(C)C[C@@H](O)C1CCCC1.CC(C)(C)C[C@H](O)C1CCCC1.CC(C)CC1(O)CCCCC1.CC(C)C[C@@H](O)C1CC1.CC(C)C[C@H](O)C1CC1. The van der Waals surface area contributed by atoms with Crippen LogP contribution in [0.1, 0.15) is 224 Å². The third kappa shape index (κ3) is 27.1. The van der Waals surface area contributed by atoms with Gasteiger partial charge >= 0.3 is 0 Å². The molecule has 53 heavy (non-hydrogen) atoms. The number of aliphatic hydroxyl groups is 5. The largest absolute Gasteiger partial charge is 0.393 e. The highest BCUT2D eigenvalue weighted by Crippen LogP contribution is 2.37. The standard InChI is InChI=1S/2C11H22O.C10H20O.2C8H16O/c2*1-11(2,3)8-10(12)9-6-4-5-7-9;1-9(2)8-10(11)6-4-3-5-7-10;2*1-6(2)5-8(9)7-3-4-7/h2*9-10,12H,4-8H2,1-3H3;9,11H,3-8H2,1-2H3;2*6-9H,3-5H2,1-2H3/t2*10-;;2*8-/m10.10/s1. The van der Waals surface area contributed by atoms with Crippen LogP contribution >= 0.6 is 0 Å². The molecule has 0 saturated heterocycles. The normalized spacial score (nSPS) is 23.1. The molecule has 318 valence electrons. The highest BCUT2D eigenvalue weighted by molar-refractivity contribution is 4.84. The third-order valence-corrected chi connectivity index (χ3v) is 11.9. The first kappa shape index (κ1) is 50.8. The van der Waals surface area contributed by atoms with E-state index in [2.05, 4.69) is 83.1 Å². The lowest BCUT2D eigenvalue weighted by atomic mass is 9.79. The Morgan fingerprint density at radius 2 is 0.736 bits per heavy atom. The Kier molecular flexibility index (Phi) is 24.2. The minimum absolute atomic E-state index is 0.00463. The minimum Gasteiger partial charge on any atom is -0.393 e. The minimum atomic E-state index is -0.299. The molecule has 0 spiro atoms. The Morgan fingerprint density at radius 1 is 0.434 bits per heavy atom. The summed E-state index contributed by atoms with van der Waals surface area (Å²) < 4.78 is 0. The molecule has 5 aliphatic rings. The summed E-state index contributed by atoms with van der Waals surface area (Å²) in [6.45, 7) is 26.2.